The van der Waals surface area contributed by atoms with Gasteiger partial charge in [-0.25, -0.2) is 19.7 Å². The minimum absolute atomic E-state index is 0.116. The average Bonchev–Trinajstić information content (AvgIpc) is 3.02. The maximum atomic E-state index is 12.4. The first-order valence-electron chi connectivity index (χ1n) is 15.6. The highest BCUT2D eigenvalue weighted by Gasteiger charge is 2.29. The van der Waals surface area contributed by atoms with Gasteiger partial charge in [-0.15, -0.1) is 0 Å². The van der Waals surface area contributed by atoms with Crippen molar-refractivity contribution in [2.45, 2.75) is 83.0 Å². The van der Waals surface area contributed by atoms with E-state index in [2.05, 4.69) is 37.3 Å². The molecule has 11 nitrogen and oxygen atoms in total. The Bertz CT molecular complexity index is 1390. The van der Waals surface area contributed by atoms with E-state index in [0.717, 1.165) is 93.0 Å². The number of carbonyl (C=O) groups excluding carboxylic acids is 1. The molecule has 6 rings (SSSR count). The van der Waals surface area contributed by atoms with Crippen LogP contribution in [0.25, 0.3) is 11.0 Å². The van der Waals surface area contributed by atoms with E-state index in [1.807, 2.05) is 33.0 Å². The van der Waals surface area contributed by atoms with E-state index in [1.54, 1.807) is 17.3 Å². The Balaban J connectivity index is 1.03. The zero-order chi connectivity index (χ0) is 29.8. The summed E-state index contributed by atoms with van der Waals surface area (Å²) in [6.07, 6.45) is 10.7. The number of hydrogen-bond acceptors (Lipinski definition) is 10. The highest BCUT2D eigenvalue weighted by molar-refractivity contribution is 5.85. The number of fused-ring (bicyclic) bond motifs is 1. The van der Waals surface area contributed by atoms with Crippen LogP contribution in [0.4, 0.5) is 16.4 Å². The van der Waals surface area contributed by atoms with E-state index in [0.29, 0.717) is 31.0 Å². The van der Waals surface area contributed by atoms with Crippen LogP contribution in [-0.2, 0) is 9.47 Å². The van der Waals surface area contributed by atoms with Gasteiger partial charge in [0.2, 0.25) is 5.95 Å². The monoisotopic (exact) mass is 589 g/mol. The number of morpholine rings is 1. The molecule has 1 amide bonds. The van der Waals surface area contributed by atoms with Crippen LogP contribution in [0.2, 0.25) is 0 Å². The van der Waals surface area contributed by atoms with Crippen LogP contribution in [0.3, 0.4) is 0 Å². The molecule has 1 saturated carbocycles. The van der Waals surface area contributed by atoms with Gasteiger partial charge in [0.15, 0.2) is 0 Å². The van der Waals surface area contributed by atoms with Gasteiger partial charge in [0, 0.05) is 74.2 Å². The number of hydrogen-bond donors (Lipinski definition) is 1. The lowest BCUT2D eigenvalue weighted by molar-refractivity contribution is 0.0204. The summed E-state index contributed by atoms with van der Waals surface area (Å²) in [5, 5.41) is 3.58. The smallest absolute Gasteiger partial charge is 0.410 e. The van der Waals surface area contributed by atoms with Crippen molar-refractivity contribution >= 4 is 28.8 Å². The number of piperidine rings is 1. The van der Waals surface area contributed by atoms with Gasteiger partial charge in [-0.05, 0) is 71.4 Å². The number of nitrogens with one attached hydrogen (secondary N) is 1. The molecule has 230 valence electrons. The van der Waals surface area contributed by atoms with Crippen LogP contribution in [0.5, 0.6) is 5.75 Å². The summed E-state index contributed by atoms with van der Waals surface area (Å²) in [6.45, 7) is 10.2. The lowest BCUT2D eigenvalue weighted by Crippen LogP contribution is -2.41. The van der Waals surface area contributed by atoms with Crippen LogP contribution >= 0.6 is 0 Å². The predicted molar refractivity (Wildman–Crippen MR) is 165 cm³/mol. The SMILES string of the molecule is CC(C)(C)OC(=O)N1CCC(c2ccnc(NC3CCC(Oc4cc(N5CCOCC5)cc5nccnc45)CC3)n2)CC1. The highest BCUT2D eigenvalue weighted by Crippen LogP contribution is 2.34. The number of likely N-dealkylation sites (tertiary alicyclic amines) is 1. The summed E-state index contributed by atoms with van der Waals surface area (Å²) < 4.78 is 17.7. The molecule has 1 aromatic carbocycles. The Morgan fingerprint density at radius 1 is 0.930 bits per heavy atom. The van der Waals surface area contributed by atoms with Gasteiger partial charge in [-0.2, -0.15) is 0 Å². The lowest BCUT2D eigenvalue weighted by atomic mass is 9.92. The van der Waals surface area contributed by atoms with Gasteiger partial charge in [-0.1, -0.05) is 0 Å². The number of anilines is 2. The van der Waals surface area contributed by atoms with Crippen molar-refractivity contribution in [3.8, 4) is 5.75 Å². The maximum absolute atomic E-state index is 12.4. The standard InChI is InChI=1S/C32H43N7O4/c1-32(2,3)43-31(40)39-14-9-22(10-15-39)26-8-11-35-30(37-26)36-23-4-6-25(7-5-23)42-28-21-24(38-16-18-41-19-17-38)20-27-29(28)34-13-12-33-27/h8,11-13,20-23,25H,4-7,9-10,14-19H2,1-3H3,(H,35,36,37). The Kier molecular flexibility index (Phi) is 8.78. The quantitative estimate of drug-likeness (QED) is 0.413. The molecular weight excluding hydrogens is 546 g/mol. The van der Waals surface area contributed by atoms with E-state index in [-0.39, 0.29) is 12.2 Å². The van der Waals surface area contributed by atoms with Crippen molar-refractivity contribution in [1.29, 1.82) is 0 Å². The minimum atomic E-state index is -0.483. The van der Waals surface area contributed by atoms with Crippen LogP contribution in [0, 0.1) is 0 Å². The van der Waals surface area contributed by atoms with Crippen molar-refractivity contribution in [2.75, 3.05) is 49.6 Å². The maximum Gasteiger partial charge on any atom is 0.410 e. The van der Waals surface area contributed by atoms with E-state index in [9.17, 15) is 4.79 Å². The van der Waals surface area contributed by atoms with Gasteiger partial charge in [0.05, 0.1) is 24.8 Å². The summed E-state index contributed by atoms with van der Waals surface area (Å²) in [4.78, 5) is 35.1. The molecule has 0 atom stereocenters. The summed E-state index contributed by atoms with van der Waals surface area (Å²) in [6, 6.07) is 6.51. The van der Waals surface area contributed by atoms with Crippen molar-refractivity contribution in [2.24, 2.45) is 0 Å². The Labute approximate surface area is 253 Å². The van der Waals surface area contributed by atoms with Gasteiger partial charge in [0.25, 0.3) is 0 Å². The molecule has 0 unspecified atom stereocenters. The molecule has 1 N–H and O–H groups in total. The number of aromatic nitrogens is 4. The normalized spacial score (nSPS) is 21.9. The fraction of sp³-hybridized carbons (Fsp3) is 0.594. The van der Waals surface area contributed by atoms with E-state index < -0.39 is 5.60 Å². The summed E-state index contributed by atoms with van der Waals surface area (Å²) in [5.74, 6) is 1.78. The van der Waals surface area contributed by atoms with E-state index in [4.69, 9.17) is 19.2 Å². The number of benzene rings is 1. The first kappa shape index (κ1) is 29.3. The van der Waals surface area contributed by atoms with E-state index in [1.165, 1.54) is 0 Å². The third kappa shape index (κ3) is 7.44. The highest BCUT2D eigenvalue weighted by atomic mass is 16.6. The number of rotatable bonds is 6. The van der Waals surface area contributed by atoms with Crippen molar-refractivity contribution in [1.82, 2.24) is 24.8 Å². The van der Waals surface area contributed by atoms with Gasteiger partial charge in [0.1, 0.15) is 16.9 Å². The third-order valence-electron chi connectivity index (χ3n) is 8.44. The zero-order valence-electron chi connectivity index (χ0n) is 25.5. The fourth-order valence-corrected chi connectivity index (χ4v) is 6.16. The molecule has 0 bridgehead atoms. The largest absolute Gasteiger partial charge is 0.488 e. The van der Waals surface area contributed by atoms with Crippen LogP contribution in [0.15, 0.2) is 36.8 Å². The van der Waals surface area contributed by atoms with Crippen molar-refractivity contribution < 1.29 is 19.0 Å². The Hall–Kier alpha value is -3.73. The van der Waals surface area contributed by atoms with Crippen LogP contribution < -0.4 is 15.0 Å². The van der Waals surface area contributed by atoms with Gasteiger partial charge < -0.3 is 29.3 Å². The molecule has 3 fully saturated rings. The topological polar surface area (TPSA) is 115 Å². The summed E-state index contributed by atoms with van der Waals surface area (Å²) in [5.41, 5.74) is 3.32. The van der Waals surface area contributed by atoms with Gasteiger partial charge in [-0.3, -0.25) is 4.98 Å². The molecule has 3 aliphatic rings. The second kappa shape index (κ2) is 12.9. The average molecular weight is 590 g/mol. The molecular formula is C32H43N7O4. The molecule has 2 aliphatic heterocycles. The molecule has 11 heteroatoms. The third-order valence-corrected chi connectivity index (χ3v) is 8.44. The predicted octanol–water partition coefficient (Wildman–Crippen LogP) is 5.17. The number of amides is 1. The molecule has 43 heavy (non-hydrogen) atoms. The second-order valence-corrected chi connectivity index (χ2v) is 12.7. The molecule has 0 spiro atoms. The molecule has 2 aromatic heterocycles. The molecule has 0 radical (unpaired) electrons. The molecule has 2 saturated heterocycles. The fourth-order valence-electron chi connectivity index (χ4n) is 6.16. The molecule has 1 aliphatic carbocycles. The van der Waals surface area contributed by atoms with E-state index >= 15 is 0 Å². The first-order valence-corrected chi connectivity index (χ1v) is 15.6. The lowest BCUT2D eigenvalue weighted by Gasteiger charge is -2.33. The molecule has 3 aromatic rings. The summed E-state index contributed by atoms with van der Waals surface area (Å²) in [7, 11) is 0. The molecule has 4 heterocycles. The second-order valence-electron chi connectivity index (χ2n) is 12.7. The Morgan fingerprint density at radius 3 is 2.42 bits per heavy atom. The Morgan fingerprint density at radius 2 is 1.67 bits per heavy atom. The number of ether oxygens (including phenoxy) is 3. The van der Waals surface area contributed by atoms with Crippen molar-refractivity contribution in [3.63, 3.8) is 0 Å². The zero-order valence-corrected chi connectivity index (χ0v) is 25.5. The van der Waals surface area contributed by atoms with Crippen molar-refractivity contribution in [3.05, 3.63) is 42.5 Å². The van der Waals surface area contributed by atoms with Gasteiger partial charge >= 0.3 is 6.09 Å². The minimum Gasteiger partial charge on any atom is -0.488 e. The first-order chi connectivity index (χ1) is 20.8. The number of nitrogens with zero attached hydrogens (tertiary/aromatic N) is 6. The number of carbonyl (C=O) groups is 1. The summed E-state index contributed by atoms with van der Waals surface area (Å²) >= 11 is 0. The van der Waals surface area contributed by atoms with Crippen LogP contribution in [0.1, 0.15) is 70.9 Å². The van der Waals surface area contributed by atoms with Crippen LogP contribution in [-0.4, -0.2) is 88.1 Å².